The topological polar surface area (TPSA) is 53.5 Å². The molecule has 2 aromatic rings. The molecular formula is C26H38NO4+. The number of quaternary nitrogens is 1. The lowest BCUT2D eigenvalue weighted by Crippen LogP contribution is -2.80. The van der Waals surface area contributed by atoms with Crippen LogP contribution in [0.3, 0.4) is 0 Å². The van der Waals surface area contributed by atoms with E-state index >= 15 is 0 Å². The normalized spacial score (nSPS) is 18.6. The number of hydrogen-bond acceptors (Lipinski definition) is 4. The maximum atomic E-state index is 5.79. The smallest absolute Gasteiger partial charge is 0.119 e. The third-order valence-electron chi connectivity index (χ3n) is 5.43. The largest absolute Gasteiger partial charge is 0.491 e. The van der Waals surface area contributed by atoms with Crippen molar-refractivity contribution in [1.29, 1.82) is 0 Å². The van der Waals surface area contributed by atoms with Crippen molar-refractivity contribution in [3.05, 3.63) is 59.7 Å². The monoisotopic (exact) mass is 428 g/mol. The number of rotatable bonds is 0. The molecule has 170 valence electrons. The van der Waals surface area contributed by atoms with E-state index < -0.39 is 0 Å². The summed E-state index contributed by atoms with van der Waals surface area (Å²) in [6, 6.07) is 16.7. The highest BCUT2D eigenvalue weighted by Gasteiger charge is 2.01. The predicted octanol–water partition coefficient (Wildman–Crippen LogP) is 4.10. The Kier molecular flexibility index (Phi) is 11.3. The summed E-state index contributed by atoms with van der Waals surface area (Å²) in [4.78, 5) is 0. The molecule has 5 nitrogen and oxygen atoms in total. The third-order valence-corrected chi connectivity index (χ3v) is 5.43. The molecule has 0 spiro atoms. The van der Waals surface area contributed by atoms with Gasteiger partial charge in [-0.25, -0.2) is 0 Å². The zero-order valence-corrected chi connectivity index (χ0v) is 18.7. The van der Waals surface area contributed by atoms with Gasteiger partial charge in [-0.2, -0.15) is 0 Å². The van der Waals surface area contributed by atoms with Crippen LogP contribution in [0, 0.1) is 0 Å². The molecule has 2 N–H and O–H groups in total. The van der Waals surface area contributed by atoms with Crippen molar-refractivity contribution < 1.29 is 24.3 Å². The van der Waals surface area contributed by atoms with E-state index in [4.69, 9.17) is 18.9 Å². The summed E-state index contributed by atoms with van der Waals surface area (Å²) in [6.45, 7) is 6.03. The summed E-state index contributed by atoms with van der Waals surface area (Å²) in [6.07, 6.45) is 7.24. The van der Waals surface area contributed by atoms with Gasteiger partial charge in [0, 0.05) is 24.3 Å². The van der Waals surface area contributed by atoms with Gasteiger partial charge in [0.25, 0.3) is 0 Å². The highest BCUT2D eigenvalue weighted by atomic mass is 16.5. The van der Waals surface area contributed by atoms with E-state index in [0.29, 0.717) is 26.4 Å². The van der Waals surface area contributed by atoms with Crippen LogP contribution in [0.15, 0.2) is 48.5 Å². The Balaban J connectivity index is 1.44. The van der Waals surface area contributed by atoms with Crippen molar-refractivity contribution in [2.45, 2.75) is 51.6 Å². The molecule has 3 aliphatic heterocycles. The van der Waals surface area contributed by atoms with Crippen molar-refractivity contribution >= 4 is 0 Å². The fourth-order valence-electron chi connectivity index (χ4n) is 3.61. The Bertz CT molecular complexity index is 641. The summed E-state index contributed by atoms with van der Waals surface area (Å²) in [5.41, 5.74) is 2.59. The average Bonchev–Trinajstić information content (AvgIpc) is 2.80. The van der Waals surface area contributed by atoms with Crippen molar-refractivity contribution in [1.82, 2.24) is 0 Å². The van der Waals surface area contributed by atoms with Gasteiger partial charge in [-0.3, -0.25) is 0 Å². The maximum absolute atomic E-state index is 5.79. The molecule has 0 fully saturated rings. The molecule has 0 unspecified atom stereocenters. The van der Waals surface area contributed by atoms with E-state index in [-0.39, 0.29) is 0 Å². The van der Waals surface area contributed by atoms with E-state index in [0.717, 1.165) is 50.6 Å². The lowest BCUT2D eigenvalue weighted by Gasteiger charge is -2.08. The zero-order chi connectivity index (χ0) is 21.4. The van der Waals surface area contributed by atoms with Crippen molar-refractivity contribution in [2.75, 3.05) is 39.6 Å². The average molecular weight is 429 g/mol. The van der Waals surface area contributed by atoms with Gasteiger partial charge in [-0.1, -0.05) is 25.7 Å². The molecular weight excluding hydrogens is 390 g/mol. The van der Waals surface area contributed by atoms with E-state index in [2.05, 4.69) is 29.6 Å². The van der Waals surface area contributed by atoms with Gasteiger partial charge >= 0.3 is 0 Å². The van der Waals surface area contributed by atoms with Crippen LogP contribution < -0.4 is 14.8 Å². The fourth-order valence-corrected chi connectivity index (χ4v) is 3.61. The Morgan fingerprint density at radius 1 is 0.452 bits per heavy atom. The van der Waals surface area contributed by atoms with Crippen molar-refractivity contribution in [3.8, 4) is 11.5 Å². The molecule has 3 heterocycles. The first kappa shape index (κ1) is 23.6. The molecule has 0 saturated carbocycles. The van der Waals surface area contributed by atoms with Crippen molar-refractivity contribution in [3.63, 3.8) is 0 Å². The van der Waals surface area contributed by atoms with Crippen LogP contribution in [0.4, 0.5) is 0 Å². The van der Waals surface area contributed by atoms with Crippen LogP contribution >= 0.6 is 0 Å². The zero-order valence-electron chi connectivity index (χ0n) is 18.7. The quantitative estimate of drug-likeness (QED) is 0.687. The molecule has 0 atom stereocenters. The lowest BCUT2D eigenvalue weighted by atomic mass is 10.1. The Morgan fingerprint density at radius 2 is 0.871 bits per heavy atom. The van der Waals surface area contributed by atoms with E-state index in [9.17, 15) is 0 Å². The van der Waals surface area contributed by atoms with Gasteiger partial charge in [-0.05, 0) is 61.4 Å². The minimum atomic E-state index is 0.602. The predicted molar refractivity (Wildman–Crippen MR) is 123 cm³/mol. The molecule has 0 aromatic heterocycles. The SMILES string of the molecule is c1cc2ccc1C[NH2+]Cc1ccc(cc1)OCCOCCCCCCCCOCCO2. The molecule has 3 aliphatic rings. The standard InChI is InChI=1S/C26H37NO4/c1-2-4-6-16-29-18-20-31-26-13-9-24(10-14-26)22-27-21-23-7-11-25(12-8-23)30-19-17-28-15-5-3-1/h7-14,27H,1-6,15-22H2/p+1. The Hall–Kier alpha value is -2.08. The number of hydrogen-bond donors (Lipinski definition) is 1. The van der Waals surface area contributed by atoms with Crippen LogP contribution in [0.5, 0.6) is 11.5 Å². The maximum Gasteiger partial charge on any atom is 0.119 e. The first-order valence-corrected chi connectivity index (χ1v) is 11.8. The van der Waals surface area contributed by atoms with E-state index in [1.807, 2.05) is 24.3 Å². The highest BCUT2D eigenvalue weighted by Crippen LogP contribution is 2.13. The van der Waals surface area contributed by atoms with Crippen LogP contribution in [0.1, 0.15) is 49.7 Å². The van der Waals surface area contributed by atoms with Crippen molar-refractivity contribution in [2.24, 2.45) is 0 Å². The van der Waals surface area contributed by atoms with E-state index in [1.54, 1.807) is 0 Å². The minimum Gasteiger partial charge on any atom is -0.491 e. The molecule has 0 aliphatic carbocycles. The summed E-state index contributed by atoms with van der Waals surface area (Å²) < 4.78 is 23.0. The molecule has 5 rings (SSSR count). The van der Waals surface area contributed by atoms with Gasteiger partial charge < -0.3 is 24.3 Å². The molecule has 31 heavy (non-hydrogen) atoms. The molecule has 0 saturated heterocycles. The number of fused-ring (bicyclic) bond motifs is 2. The van der Waals surface area contributed by atoms with Gasteiger partial charge in [-0.15, -0.1) is 0 Å². The summed E-state index contributed by atoms with van der Waals surface area (Å²) in [5, 5.41) is 2.31. The molecule has 2 aromatic carbocycles. The summed E-state index contributed by atoms with van der Waals surface area (Å²) >= 11 is 0. The van der Waals surface area contributed by atoms with Crippen LogP contribution in [-0.2, 0) is 22.6 Å². The second kappa shape index (κ2) is 14.8. The van der Waals surface area contributed by atoms with Gasteiger partial charge in [0.15, 0.2) is 0 Å². The molecule has 4 bridgehead atoms. The number of benzene rings is 2. The van der Waals surface area contributed by atoms with Gasteiger partial charge in [0.05, 0.1) is 13.2 Å². The number of ether oxygens (including phenoxy) is 4. The van der Waals surface area contributed by atoms with Gasteiger partial charge in [0.2, 0.25) is 0 Å². The number of nitrogens with two attached hydrogens (primary N) is 1. The first-order chi connectivity index (χ1) is 15.4. The molecule has 0 radical (unpaired) electrons. The van der Waals surface area contributed by atoms with Crippen LogP contribution in [0.25, 0.3) is 0 Å². The molecule has 5 heteroatoms. The van der Waals surface area contributed by atoms with E-state index in [1.165, 1.54) is 36.8 Å². The third kappa shape index (κ3) is 10.2. The Labute approximate surface area is 187 Å². The second-order valence-corrected chi connectivity index (χ2v) is 8.03. The summed E-state index contributed by atoms with van der Waals surface area (Å²) in [7, 11) is 0. The highest BCUT2D eigenvalue weighted by molar-refractivity contribution is 5.27. The first-order valence-electron chi connectivity index (χ1n) is 11.8. The summed E-state index contributed by atoms with van der Waals surface area (Å²) in [5.74, 6) is 1.81. The second-order valence-electron chi connectivity index (χ2n) is 8.03. The molecule has 0 amide bonds. The minimum absolute atomic E-state index is 0.602. The lowest BCUT2D eigenvalue weighted by molar-refractivity contribution is -0.686. The fraction of sp³-hybridized carbons (Fsp3) is 0.538. The van der Waals surface area contributed by atoms with Gasteiger partial charge in [0.1, 0.15) is 37.8 Å². The Morgan fingerprint density at radius 3 is 1.32 bits per heavy atom. The van der Waals surface area contributed by atoms with Crippen LogP contribution in [-0.4, -0.2) is 39.6 Å². The van der Waals surface area contributed by atoms with Crippen LogP contribution in [0.2, 0.25) is 0 Å².